The maximum atomic E-state index is 6.25. The number of fused-ring (bicyclic) bond motifs is 1. The summed E-state index contributed by atoms with van der Waals surface area (Å²) >= 11 is 6.18. The Morgan fingerprint density at radius 1 is 1.19 bits per heavy atom. The molecule has 2 N–H and O–H groups in total. The molecule has 1 aliphatic heterocycles. The van der Waals surface area contributed by atoms with Crippen LogP contribution >= 0.6 is 11.6 Å². The number of rotatable bonds is 5. The summed E-state index contributed by atoms with van der Waals surface area (Å²) in [6.45, 7) is 0.810. The first-order chi connectivity index (χ1) is 10.2. The van der Waals surface area contributed by atoms with Crippen LogP contribution in [0.15, 0.2) is 42.5 Å². The van der Waals surface area contributed by atoms with E-state index in [1.165, 1.54) is 11.1 Å². The van der Waals surface area contributed by atoms with Gasteiger partial charge in [-0.1, -0.05) is 41.9 Å². The Morgan fingerprint density at radius 3 is 2.90 bits per heavy atom. The molecule has 110 valence electrons. The van der Waals surface area contributed by atoms with E-state index in [1.54, 1.807) is 0 Å². The van der Waals surface area contributed by atoms with E-state index in [-0.39, 0.29) is 6.04 Å². The molecule has 21 heavy (non-hydrogen) atoms. The lowest BCUT2D eigenvalue weighted by Crippen LogP contribution is -2.23. The third-order valence-electron chi connectivity index (χ3n) is 4.00. The molecule has 0 radical (unpaired) electrons. The molecule has 0 saturated heterocycles. The minimum atomic E-state index is 0.134. The van der Waals surface area contributed by atoms with Gasteiger partial charge in [0, 0.05) is 17.5 Å². The van der Waals surface area contributed by atoms with E-state index in [4.69, 9.17) is 22.1 Å². The van der Waals surface area contributed by atoms with Crippen molar-refractivity contribution in [1.29, 1.82) is 0 Å². The SMILES string of the molecule is NC(CCc1ccc2c(c1)CCO2)Cc1ccccc1Cl. The number of hydrogen-bond acceptors (Lipinski definition) is 2. The van der Waals surface area contributed by atoms with Crippen LogP contribution in [-0.4, -0.2) is 12.6 Å². The number of aryl methyl sites for hydroxylation is 1. The van der Waals surface area contributed by atoms with Gasteiger partial charge < -0.3 is 10.5 Å². The van der Waals surface area contributed by atoms with Gasteiger partial charge in [-0.25, -0.2) is 0 Å². The highest BCUT2D eigenvalue weighted by molar-refractivity contribution is 6.31. The number of hydrogen-bond donors (Lipinski definition) is 1. The first-order valence-electron chi connectivity index (χ1n) is 7.46. The van der Waals surface area contributed by atoms with E-state index >= 15 is 0 Å². The highest BCUT2D eigenvalue weighted by atomic mass is 35.5. The van der Waals surface area contributed by atoms with Crippen molar-refractivity contribution in [3.8, 4) is 5.75 Å². The number of nitrogens with two attached hydrogens (primary N) is 1. The van der Waals surface area contributed by atoms with E-state index in [0.717, 1.165) is 48.6 Å². The van der Waals surface area contributed by atoms with Crippen molar-refractivity contribution in [1.82, 2.24) is 0 Å². The maximum Gasteiger partial charge on any atom is 0.122 e. The van der Waals surface area contributed by atoms with Gasteiger partial charge in [-0.3, -0.25) is 0 Å². The summed E-state index contributed by atoms with van der Waals surface area (Å²) in [4.78, 5) is 0. The second kappa shape index (κ2) is 6.50. The predicted octanol–water partition coefficient (Wildman–Crippen LogP) is 3.78. The van der Waals surface area contributed by atoms with Gasteiger partial charge in [-0.05, 0) is 48.1 Å². The van der Waals surface area contributed by atoms with Crippen LogP contribution < -0.4 is 10.5 Å². The Balaban J connectivity index is 1.56. The second-order valence-electron chi connectivity index (χ2n) is 5.63. The van der Waals surface area contributed by atoms with E-state index < -0.39 is 0 Å². The third kappa shape index (κ3) is 3.58. The van der Waals surface area contributed by atoms with Crippen LogP contribution in [0.1, 0.15) is 23.1 Å². The van der Waals surface area contributed by atoms with Crippen molar-refractivity contribution in [3.63, 3.8) is 0 Å². The van der Waals surface area contributed by atoms with Crippen LogP contribution in [0.25, 0.3) is 0 Å². The van der Waals surface area contributed by atoms with E-state index in [2.05, 4.69) is 24.3 Å². The lowest BCUT2D eigenvalue weighted by atomic mass is 9.98. The van der Waals surface area contributed by atoms with E-state index in [1.807, 2.05) is 18.2 Å². The van der Waals surface area contributed by atoms with Gasteiger partial charge in [0.2, 0.25) is 0 Å². The fourth-order valence-electron chi connectivity index (χ4n) is 2.80. The van der Waals surface area contributed by atoms with Crippen LogP contribution in [0.4, 0.5) is 0 Å². The fraction of sp³-hybridized carbons (Fsp3) is 0.333. The zero-order chi connectivity index (χ0) is 14.7. The van der Waals surface area contributed by atoms with Crippen LogP contribution in [0.5, 0.6) is 5.75 Å². The summed E-state index contributed by atoms with van der Waals surface area (Å²) in [6.07, 6.45) is 3.81. The number of halogens is 1. The van der Waals surface area contributed by atoms with Gasteiger partial charge in [0.1, 0.15) is 5.75 Å². The van der Waals surface area contributed by atoms with Crippen molar-refractivity contribution < 1.29 is 4.74 Å². The molecule has 0 saturated carbocycles. The standard InChI is InChI=1S/C18H20ClNO/c19-17-4-2-1-3-14(17)12-16(20)7-5-13-6-8-18-15(11-13)9-10-21-18/h1-4,6,8,11,16H,5,7,9-10,12,20H2. The van der Waals surface area contributed by atoms with Crippen LogP contribution in [0.3, 0.4) is 0 Å². The lowest BCUT2D eigenvalue weighted by molar-refractivity contribution is 0.357. The van der Waals surface area contributed by atoms with E-state index in [9.17, 15) is 0 Å². The minimum absolute atomic E-state index is 0.134. The number of benzene rings is 2. The van der Waals surface area contributed by atoms with Crippen LogP contribution in [0.2, 0.25) is 5.02 Å². The summed E-state index contributed by atoms with van der Waals surface area (Å²) in [5, 5.41) is 0.808. The molecular weight excluding hydrogens is 282 g/mol. The Kier molecular flexibility index (Phi) is 4.47. The minimum Gasteiger partial charge on any atom is -0.493 e. The molecule has 0 aromatic heterocycles. The molecule has 3 heteroatoms. The highest BCUT2D eigenvalue weighted by Crippen LogP contribution is 2.26. The molecular formula is C18H20ClNO. The Hall–Kier alpha value is -1.51. The molecule has 0 bridgehead atoms. The van der Waals surface area contributed by atoms with Gasteiger partial charge in [0.15, 0.2) is 0 Å². The van der Waals surface area contributed by atoms with Gasteiger partial charge in [-0.15, -0.1) is 0 Å². The molecule has 2 aromatic carbocycles. The maximum absolute atomic E-state index is 6.25. The van der Waals surface area contributed by atoms with Crippen LogP contribution in [0, 0.1) is 0 Å². The average Bonchev–Trinajstić information content (AvgIpc) is 2.95. The van der Waals surface area contributed by atoms with Crippen molar-refractivity contribution in [3.05, 3.63) is 64.2 Å². The summed E-state index contributed by atoms with van der Waals surface area (Å²) in [7, 11) is 0. The molecule has 3 rings (SSSR count). The summed E-state index contributed by atoms with van der Waals surface area (Å²) in [5.41, 5.74) is 10.1. The first kappa shape index (κ1) is 14.4. The molecule has 1 aliphatic rings. The molecule has 0 aliphatic carbocycles. The Bertz CT molecular complexity index is 626. The van der Waals surface area contributed by atoms with Crippen molar-refractivity contribution >= 4 is 11.6 Å². The van der Waals surface area contributed by atoms with Crippen LogP contribution in [-0.2, 0) is 19.3 Å². The summed E-state index contributed by atoms with van der Waals surface area (Å²) in [5.74, 6) is 1.04. The molecule has 0 spiro atoms. The predicted molar refractivity (Wildman–Crippen MR) is 87.1 cm³/mol. The molecule has 1 heterocycles. The Labute approximate surface area is 130 Å². The topological polar surface area (TPSA) is 35.2 Å². The van der Waals surface area contributed by atoms with Crippen molar-refractivity contribution in [2.45, 2.75) is 31.7 Å². The monoisotopic (exact) mass is 301 g/mol. The smallest absolute Gasteiger partial charge is 0.122 e. The summed E-state index contributed by atoms with van der Waals surface area (Å²) in [6, 6.07) is 14.5. The fourth-order valence-corrected chi connectivity index (χ4v) is 3.01. The lowest BCUT2D eigenvalue weighted by Gasteiger charge is -2.13. The molecule has 2 nitrogen and oxygen atoms in total. The molecule has 1 atom stereocenters. The largest absolute Gasteiger partial charge is 0.493 e. The first-order valence-corrected chi connectivity index (χ1v) is 7.84. The van der Waals surface area contributed by atoms with Gasteiger partial charge in [0.05, 0.1) is 6.61 Å². The van der Waals surface area contributed by atoms with E-state index in [0.29, 0.717) is 0 Å². The van der Waals surface area contributed by atoms with Gasteiger partial charge in [-0.2, -0.15) is 0 Å². The summed E-state index contributed by atoms with van der Waals surface area (Å²) < 4.78 is 5.53. The molecule has 0 fully saturated rings. The molecule has 1 unspecified atom stereocenters. The molecule has 2 aromatic rings. The zero-order valence-electron chi connectivity index (χ0n) is 12.0. The second-order valence-corrected chi connectivity index (χ2v) is 6.04. The van der Waals surface area contributed by atoms with Gasteiger partial charge >= 0.3 is 0 Å². The number of ether oxygens (including phenoxy) is 1. The zero-order valence-corrected chi connectivity index (χ0v) is 12.8. The van der Waals surface area contributed by atoms with Crippen molar-refractivity contribution in [2.75, 3.05) is 6.61 Å². The normalized spacial score (nSPS) is 14.6. The van der Waals surface area contributed by atoms with Crippen molar-refractivity contribution in [2.24, 2.45) is 5.73 Å². The molecule has 0 amide bonds. The quantitative estimate of drug-likeness (QED) is 0.912. The third-order valence-corrected chi connectivity index (χ3v) is 4.37. The highest BCUT2D eigenvalue weighted by Gasteiger charge is 2.13. The van der Waals surface area contributed by atoms with Gasteiger partial charge in [0.25, 0.3) is 0 Å². The average molecular weight is 302 g/mol. The Morgan fingerprint density at radius 2 is 2.05 bits per heavy atom.